The van der Waals surface area contributed by atoms with Gasteiger partial charge in [0.25, 0.3) is 0 Å². The van der Waals surface area contributed by atoms with Crippen LogP contribution in [-0.4, -0.2) is 28.5 Å². The highest BCUT2D eigenvalue weighted by molar-refractivity contribution is 6.31. The topological polar surface area (TPSA) is 61.8 Å². The first kappa shape index (κ1) is 16.1. The molecular formula is C16H24ClN3O. The molecule has 1 fully saturated rings. The normalized spacial score (nSPS) is 17.4. The van der Waals surface area contributed by atoms with Gasteiger partial charge >= 0.3 is 0 Å². The molecular weight excluding hydrogens is 286 g/mol. The molecule has 4 nitrogen and oxygen atoms in total. The lowest BCUT2D eigenvalue weighted by Crippen LogP contribution is -2.36. The molecule has 0 atom stereocenters. The lowest BCUT2D eigenvalue weighted by Gasteiger charge is -2.33. The van der Waals surface area contributed by atoms with Crippen LogP contribution in [0.4, 0.5) is 0 Å². The molecule has 0 radical (unpaired) electrons. The molecule has 0 saturated heterocycles. The minimum atomic E-state index is 0.0862. The fourth-order valence-corrected chi connectivity index (χ4v) is 3.30. The number of hydrogen-bond donors (Lipinski definition) is 2. The summed E-state index contributed by atoms with van der Waals surface area (Å²) in [6.07, 6.45) is 6.60. The zero-order chi connectivity index (χ0) is 15.2. The Kier molecular flexibility index (Phi) is 5.88. The third kappa shape index (κ3) is 4.11. The average Bonchev–Trinajstić information content (AvgIpc) is 2.53. The van der Waals surface area contributed by atoms with Crippen LogP contribution in [0.2, 0.25) is 5.02 Å². The predicted octanol–water partition coefficient (Wildman–Crippen LogP) is 3.59. The minimum Gasteiger partial charge on any atom is -0.409 e. The summed E-state index contributed by atoms with van der Waals surface area (Å²) in [6.45, 7) is 4.09. The number of nitrogens with zero attached hydrogens (tertiary/aromatic N) is 2. The van der Waals surface area contributed by atoms with Gasteiger partial charge in [0.05, 0.1) is 0 Å². The molecule has 1 aromatic rings. The van der Waals surface area contributed by atoms with Gasteiger partial charge in [0.15, 0.2) is 5.84 Å². The molecule has 116 valence electrons. The zero-order valence-corrected chi connectivity index (χ0v) is 13.3. The van der Waals surface area contributed by atoms with Gasteiger partial charge in [0.2, 0.25) is 0 Å². The van der Waals surface area contributed by atoms with E-state index in [-0.39, 0.29) is 5.84 Å². The molecule has 5 heteroatoms. The second-order valence-corrected chi connectivity index (χ2v) is 6.05. The van der Waals surface area contributed by atoms with Crippen LogP contribution in [0.3, 0.4) is 0 Å². The molecule has 21 heavy (non-hydrogen) atoms. The fourth-order valence-electron chi connectivity index (χ4n) is 3.06. The first-order valence-electron chi connectivity index (χ1n) is 7.66. The molecule has 0 bridgehead atoms. The monoisotopic (exact) mass is 309 g/mol. The van der Waals surface area contributed by atoms with Gasteiger partial charge in [-0.3, -0.25) is 4.90 Å². The van der Waals surface area contributed by atoms with Gasteiger partial charge in [0, 0.05) is 23.2 Å². The van der Waals surface area contributed by atoms with E-state index >= 15 is 0 Å². The standard InChI is InChI=1S/C16H24ClN3O/c1-2-20(14-6-4-3-5-7-14)11-13-9-8-12(10-15(13)17)16(18)19-21/h8-10,14,21H,2-7,11H2,1H3,(H2,18,19). The first-order valence-corrected chi connectivity index (χ1v) is 8.04. The van der Waals surface area contributed by atoms with Crippen LogP contribution in [0.15, 0.2) is 23.4 Å². The van der Waals surface area contributed by atoms with Crippen LogP contribution < -0.4 is 5.73 Å². The second-order valence-electron chi connectivity index (χ2n) is 5.65. The van der Waals surface area contributed by atoms with Crippen molar-refractivity contribution in [3.8, 4) is 0 Å². The van der Waals surface area contributed by atoms with Gasteiger partial charge in [-0.05, 0) is 31.0 Å². The number of nitrogens with two attached hydrogens (primary N) is 1. The predicted molar refractivity (Wildman–Crippen MR) is 86.9 cm³/mol. The summed E-state index contributed by atoms with van der Waals surface area (Å²) in [5, 5.41) is 12.4. The third-order valence-electron chi connectivity index (χ3n) is 4.33. The van der Waals surface area contributed by atoms with Gasteiger partial charge in [-0.15, -0.1) is 0 Å². The van der Waals surface area contributed by atoms with Crippen molar-refractivity contribution in [2.45, 2.75) is 51.6 Å². The van der Waals surface area contributed by atoms with E-state index in [0.29, 0.717) is 16.6 Å². The van der Waals surface area contributed by atoms with E-state index in [9.17, 15) is 0 Å². The van der Waals surface area contributed by atoms with Crippen LogP contribution in [0, 0.1) is 0 Å². The summed E-state index contributed by atoms with van der Waals surface area (Å²) >= 11 is 6.35. The molecule has 0 heterocycles. The fraction of sp³-hybridized carbons (Fsp3) is 0.562. The van der Waals surface area contributed by atoms with Crippen molar-refractivity contribution in [2.75, 3.05) is 6.54 Å². The number of amidine groups is 1. The summed E-state index contributed by atoms with van der Waals surface area (Å²) in [6, 6.07) is 6.26. The molecule has 0 aromatic heterocycles. The molecule has 1 aromatic carbocycles. The van der Waals surface area contributed by atoms with E-state index in [4.69, 9.17) is 22.5 Å². The van der Waals surface area contributed by atoms with Crippen LogP contribution in [0.1, 0.15) is 50.2 Å². The molecule has 0 amide bonds. The Morgan fingerprint density at radius 3 is 2.67 bits per heavy atom. The van der Waals surface area contributed by atoms with Crippen LogP contribution >= 0.6 is 11.6 Å². The number of benzene rings is 1. The number of oxime groups is 1. The molecule has 1 aliphatic rings. The molecule has 3 N–H and O–H groups in total. The Morgan fingerprint density at radius 1 is 1.38 bits per heavy atom. The van der Waals surface area contributed by atoms with Gasteiger partial charge in [-0.25, -0.2) is 0 Å². The first-order chi connectivity index (χ1) is 10.2. The van der Waals surface area contributed by atoms with Gasteiger partial charge in [0.1, 0.15) is 0 Å². The molecule has 0 spiro atoms. The Hall–Kier alpha value is -1.26. The lowest BCUT2D eigenvalue weighted by atomic mass is 9.94. The van der Waals surface area contributed by atoms with Crippen LogP contribution in [0.25, 0.3) is 0 Å². The number of rotatable bonds is 5. The second kappa shape index (κ2) is 7.66. The summed E-state index contributed by atoms with van der Waals surface area (Å²) < 4.78 is 0. The van der Waals surface area contributed by atoms with Gasteiger partial charge < -0.3 is 10.9 Å². The summed E-state index contributed by atoms with van der Waals surface area (Å²) in [5.41, 5.74) is 7.33. The Morgan fingerprint density at radius 2 is 2.10 bits per heavy atom. The summed E-state index contributed by atoms with van der Waals surface area (Å²) in [4.78, 5) is 2.50. The van der Waals surface area contributed by atoms with E-state index in [1.807, 2.05) is 12.1 Å². The van der Waals surface area contributed by atoms with Crippen molar-refractivity contribution in [3.63, 3.8) is 0 Å². The summed E-state index contributed by atoms with van der Waals surface area (Å²) in [5.74, 6) is 0.0862. The molecule has 2 rings (SSSR count). The van der Waals surface area contributed by atoms with Crippen molar-refractivity contribution in [2.24, 2.45) is 10.9 Å². The maximum atomic E-state index is 8.71. The molecule has 0 unspecified atom stereocenters. The lowest BCUT2D eigenvalue weighted by molar-refractivity contribution is 0.156. The number of halogens is 1. The van der Waals surface area contributed by atoms with E-state index in [2.05, 4.69) is 17.0 Å². The molecule has 0 aliphatic heterocycles. The van der Waals surface area contributed by atoms with E-state index in [1.54, 1.807) is 6.07 Å². The Balaban J connectivity index is 2.10. The van der Waals surface area contributed by atoms with E-state index < -0.39 is 0 Å². The zero-order valence-electron chi connectivity index (χ0n) is 12.6. The van der Waals surface area contributed by atoms with E-state index in [1.165, 1.54) is 32.1 Å². The minimum absolute atomic E-state index is 0.0862. The van der Waals surface area contributed by atoms with Crippen molar-refractivity contribution >= 4 is 17.4 Å². The van der Waals surface area contributed by atoms with Crippen molar-refractivity contribution in [1.82, 2.24) is 4.90 Å². The highest BCUT2D eigenvalue weighted by Gasteiger charge is 2.20. The van der Waals surface area contributed by atoms with Crippen LogP contribution in [-0.2, 0) is 6.54 Å². The van der Waals surface area contributed by atoms with Crippen molar-refractivity contribution in [1.29, 1.82) is 0 Å². The highest BCUT2D eigenvalue weighted by atomic mass is 35.5. The Labute approximate surface area is 131 Å². The maximum Gasteiger partial charge on any atom is 0.170 e. The van der Waals surface area contributed by atoms with Gasteiger partial charge in [-0.2, -0.15) is 0 Å². The highest BCUT2D eigenvalue weighted by Crippen LogP contribution is 2.26. The smallest absolute Gasteiger partial charge is 0.170 e. The third-order valence-corrected chi connectivity index (χ3v) is 4.68. The molecule has 1 aliphatic carbocycles. The quantitative estimate of drug-likeness (QED) is 0.378. The maximum absolute atomic E-state index is 8.71. The average molecular weight is 310 g/mol. The van der Waals surface area contributed by atoms with E-state index in [0.717, 1.165) is 18.7 Å². The summed E-state index contributed by atoms with van der Waals surface area (Å²) in [7, 11) is 0. The van der Waals surface area contributed by atoms with Gasteiger partial charge in [-0.1, -0.05) is 55.1 Å². The largest absolute Gasteiger partial charge is 0.409 e. The SMILES string of the molecule is CCN(Cc1ccc(/C(N)=N/O)cc1Cl)C1CCCCC1. The van der Waals surface area contributed by atoms with Crippen LogP contribution in [0.5, 0.6) is 0 Å². The number of hydrogen-bond acceptors (Lipinski definition) is 3. The Bertz CT molecular complexity index is 498. The van der Waals surface area contributed by atoms with Crippen molar-refractivity contribution < 1.29 is 5.21 Å². The van der Waals surface area contributed by atoms with Crippen molar-refractivity contribution in [3.05, 3.63) is 34.3 Å². The molecule has 1 saturated carbocycles.